The Labute approximate surface area is 176 Å². The summed E-state index contributed by atoms with van der Waals surface area (Å²) >= 11 is 7.44. The van der Waals surface area contributed by atoms with Gasteiger partial charge >= 0.3 is 5.97 Å². The number of rotatable bonds is 9. The van der Waals surface area contributed by atoms with Crippen LogP contribution in [-0.4, -0.2) is 23.2 Å². The maximum Gasteiger partial charge on any atom is 0.319 e. The molecule has 0 fully saturated rings. The van der Waals surface area contributed by atoms with Crippen molar-refractivity contribution < 1.29 is 18.7 Å². The second-order valence-electron chi connectivity index (χ2n) is 8.10. The molecule has 4 nitrogen and oxygen atoms in total. The van der Waals surface area contributed by atoms with Crippen LogP contribution < -0.4 is 5.32 Å². The van der Waals surface area contributed by atoms with E-state index >= 15 is 0 Å². The Morgan fingerprint density at radius 3 is 2.46 bits per heavy atom. The molecule has 0 radical (unpaired) electrons. The first-order valence-electron chi connectivity index (χ1n) is 9.62. The molecule has 2 unspecified atom stereocenters. The van der Waals surface area contributed by atoms with E-state index in [4.69, 9.17) is 16.3 Å². The molecule has 1 amide bonds. The zero-order chi connectivity index (χ0) is 21.5. The predicted molar refractivity (Wildman–Crippen MR) is 115 cm³/mol. The van der Waals surface area contributed by atoms with Crippen molar-refractivity contribution in [3.05, 3.63) is 23.0 Å². The lowest BCUT2D eigenvalue weighted by molar-refractivity contribution is -0.147. The molecule has 0 aliphatic heterocycles. The highest BCUT2D eigenvalue weighted by molar-refractivity contribution is 8.00. The lowest BCUT2D eigenvalue weighted by atomic mass is 9.92. The maximum absolute atomic E-state index is 14.3. The van der Waals surface area contributed by atoms with Gasteiger partial charge in [-0.25, -0.2) is 4.39 Å². The van der Waals surface area contributed by atoms with E-state index in [1.54, 1.807) is 0 Å². The van der Waals surface area contributed by atoms with Gasteiger partial charge in [0, 0.05) is 11.3 Å². The molecule has 0 aromatic heterocycles. The summed E-state index contributed by atoms with van der Waals surface area (Å²) in [7, 11) is 0. The smallest absolute Gasteiger partial charge is 0.319 e. The van der Waals surface area contributed by atoms with Gasteiger partial charge in [0.1, 0.15) is 11.1 Å². The molecule has 7 heteroatoms. The van der Waals surface area contributed by atoms with E-state index in [-0.39, 0.29) is 40.5 Å². The maximum atomic E-state index is 14.3. The topological polar surface area (TPSA) is 55.4 Å². The molecule has 158 valence electrons. The summed E-state index contributed by atoms with van der Waals surface area (Å²) in [4.78, 5) is 25.2. The molecule has 1 aromatic carbocycles. The zero-order valence-corrected chi connectivity index (χ0v) is 19.1. The van der Waals surface area contributed by atoms with Gasteiger partial charge in [0.15, 0.2) is 0 Å². The van der Waals surface area contributed by atoms with Gasteiger partial charge in [-0.3, -0.25) is 9.59 Å². The number of thioether (sulfide) groups is 1. The number of nitrogens with one attached hydrogen (secondary N) is 1. The lowest BCUT2D eigenvalue weighted by Crippen LogP contribution is -2.24. The third-order valence-electron chi connectivity index (χ3n) is 3.96. The highest BCUT2D eigenvalue weighted by Crippen LogP contribution is 2.36. The number of hydrogen-bond donors (Lipinski definition) is 1. The molecule has 0 aliphatic carbocycles. The minimum atomic E-state index is -0.606. The fourth-order valence-corrected chi connectivity index (χ4v) is 3.84. The average Bonchev–Trinajstić information content (AvgIpc) is 2.56. The van der Waals surface area contributed by atoms with E-state index < -0.39 is 11.1 Å². The van der Waals surface area contributed by atoms with Gasteiger partial charge in [0.25, 0.3) is 0 Å². The summed E-state index contributed by atoms with van der Waals surface area (Å²) in [5.41, 5.74) is -0.150. The van der Waals surface area contributed by atoms with Crippen molar-refractivity contribution in [2.45, 2.75) is 83.5 Å². The molecule has 28 heavy (non-hydrogen) atoms. The van der Waals surface area contributed by atoms with Crippen LogP contribution in [0.1, 0.15) is 67.2 Å². The third-order valence-corrected chi connectivity index (χ3v) is 5.69. The molecule has 1 aromatic rings. The van der Waals surface area contributed by atoms with Crippen molar-refractivity contribution in [2.24, 2.45) is 5.41 Å². The van der Waals surface area contributed by atoms with Crippen molar-refractivity contribution in [1.29, 1.82) is 0 Å². The Bertz CT molecular complexity index is 691. The Kier molecular flexibility index (Phi) is 9.78. The highest BCUT2D eigenvalue weighted by atomic mass is 35.5. The summed E-state index contributed by atoms with van der Waals surface area (Å²) in [6.45, 7) is 11.6. The number of benzene rings is 1. The molecule has 0 saturated heterocycles. The van der Waals surface area contributed by atoms with E-state index in [9.17, 15) is 14.0 Å². The van der Waals surface area contributed by atoms with Gasteiger partial charge in [-0.2, -0.15) is 0 Å². The zero-order valence-electron chi connectivity index (χ0n) is 17.5. The number of carbonyl (C=O) groups excluding carboxylic acids is 2. The van der Waals surface area contributed by atoms with Gasteiger partial charge in [0.05, 0.1) is 16.8 Å². The molecule has 1 N–H and O–H groups in total. The largest absolute Gasteiger partial charge is 0.462 e. The fraction of sp³-hybridized carbons (Fsp3) is 0.619. The summed E-state index contributed by atoms with van der Waals surface area (Å²) < 4.78 is 19.7. The summed E-state index contributed by atoms with van der Waals surface area (Å²) in [6, 6.07) is 2.65. The minimum Gasteiger partial charge on any atom is -0.462 e. The first-order chi connectivity index (χ1) is 13.0. The molecule has 0 heterocycles. The van der Waals surface area contributed by atoms with Gasteiger partial charge < -0.3 is 10.1 Å². The van der Waals surface area contributed by atoms with Crippen LogP contribution >= 0.6 is 23.4 Å². The SMILES string of the molecule is CCCC(Sc1cc(NC(=O)CC(C)(C)C)c(F)cc1Cl)C(=O)OC(C)CC. The third kappa shape index (κ3) is 8.39. The van der Waals surface area contributed by atoms with E-state index in [0.717, 1.165) is 12.8 Å². The fourth-order valence-electron chi connectivity index (χ4n) is 2.39. The standard InChI is InChI=1S/C21H31ClFNO3S/c1-7-9-17(20(26)27-13(3)8-2)28-18-11-16(15(23)10-14(18)22)24-19(25)12-21(4,5)6/h10-11,13,17H,7-9,12H2,1-6H3,(H,24,25). The van der Waals surface area contributed by atoms with E-state index in [2.05, 4.69) is 5.32 Å². The monoisotopic (exact) mass is 431 g/mol. The number of esters is 1. The second-order valence-corrected chi connectivity index (χ2v) is 9.75. The number of carbonyl (C=O) groups is 2. The van der Waals surface area contributed by atoms with Gasteiger partial charge in [-0.05, 0) is 37.3 Å². The van der Waals surface area contributed by atoms with Crippen LogP contribution in [0.5, 0.6) is 0 Å². The summed E-state index contributed by atoms with van der Waals surface area (Å²) in [5.74, 6) is -1.18. The summed E-state index contributed by atoms with van der Waals surface area (Å²) in [5, 5.41) is 2.37. The average molecular weight is 432 g/mol. The number of anilines is 1. The first-order valence-corrected chi connectivity index (χ1v) is 10.9. The number of ether oxygens (including phenoxy) is 1. The number of halogens is 2. The molecule has 2 atom stereocenters. The number of hydrogen-bond acceptors (Lipinski definition) is 4. The summed E-state index contributed by atoms with van der Waals surface area (Å²) in [6.07, 6.45) is 2.23. The van der Waals surface area contributed by atoms with Crippen molar-refractivity contribution in [2.75, 3.05) is 5.32 Å². The first kappa shape index (κ1) is 24.8. The van der Waals surface area contributed by atoms with Crippen LogP contribution in [-0.2, 0) is 14.3 Å². The van der Waals surface area contributed by atoms with Crippen LogP contribution in [0.4, 0.5) is 10.1 Å². The Morgan fingerprint density at radius 2 is 1.93 bits per heavy atom. The van der Waals surface area contributed by atoms with Gasteiger partial charge in [0.2, 0.25) is 5.91 Å². The predicted octanol–water partition coefficient (Wildman–Crippen LogP) is 6.46. The van der Waals surface area contributed by atoms with Gasteiger partial charge in [-0.1, -0.05) is 52.6 Å². The Balaban J connectivity index is 3.02. The lowest BCUT2D eigenvalue weighted by Gasteiger charge is -2.20. The quantitative estimate of drug-likeness (QED) is 0.360. The van der Waals surface area contributed by atoms with Crippen LogP contribution in [0.2, 0.25) is 5.02 Å². The number of amides is 1. The van der Waals surface area contributed by atoms with E-state index in [1.165, 1.54) is 23.9 Å². The highest BCUT2D eigenvalue weighted by Gasteiger charge is 2.24. The molecule has 0 spiro atoms. The van der Waals surface area contributed by atoms with E-state index in [0.29, 0.717) is 11.3 Å². The van der Waals surface area contributed by atoms with Crippen LogP contribution in [0.3, 0.4) is 0 Å². The molecule has 0 saturated carbocycles. The minimum absolute atomic E-state index is 0.0618. The van der Waals surface area contributed by atoms with E-state index in [1.807, 2.05) is 41.5 Å². The molecule has 0 aliphatic rings. The van der Waals surface area contributed by atoms with Crippen molar-refractivity contribution in [3.63, 3.8) is 0 Å². The molecular weight excluding hydrogens is 401 g/mol. The Hall–Kier alpha value is -1.27. The Morgan fingerprint density at radius 1 is 1.29 bits per heavy atom. The van der Waals surface area contributed by atoms with Crippen molar-refractivity contribution in [3.8, 4) is 0 Å². The van der Waals surface area contributed by atoms with Crippen LogP contribution in [0.25, 0.3) is 0 Å². The van der Waals surface area contributed by atoms with Crippen molar-refractivity contribution >= 4 is 40.9 Å². The second kappa shape index (κ2) is 11.1. The molecule has 1 rings (SSSR count). The van der Waals surface area contributed by atoms with Crippen LogP contribution in [0, 0.1) is 11.2 Å². The normalized spacial score (nSPS) is 13.7. The van der Waals surface area contributed by atoms with Crippen molar-refractivity contribution in [1.82, 2.24) is 0 Å². The van der Waals surface area contributed by atoms with Gasteiger partial charge in [-0.15, -0.1) is 11.8 Å². The molecule has 0 bridgehead atoms. The molecular formula is C21H31ClFNO3S. The van der Waals surface area contributed by atoms with Crippen LogP contribution in [0.15, 0.2) is 17.0 Å².